The van der Waals surface area contributed by atoms with Crippen molar-refractivity contribution in [1.29, 1.82) is 0 Å². The molecule has 3 atom stereocenters. The summed E-state index contributed by atoms with van der Waals surface area (Å²) in [4.78, 5) is 0. The highest BCUT2D eigenvalue weighted by molar-refractivity contribution is 5.34. The maximum Gasteiger partial charge on any atom is 0.146 e. The lowest BCUT2D eigenvalue weighted by Crippen LogP contribution is -2.26. The maximum absolute atomic E-state index is 9.99. The van der Waals surface area contributed by atoms with Crippen LogP contribution in [0, 0.1) is 11.8 Å². The molecule has 2 N–H and O–H groups in total. The smallest absolute Gasteiger partial charge is 0.146 e. The van der Waals surface area contributed by atoms with Crippen molar-refractivity contribution in [2.75, 3.05) is 27.1 Å². The minimum absolute atomic E-state index is 0.0488. The number of allylic oxidation sites excluding steroid dienone is 1. The van der Waals surface area contributed by atoms with E-state index in [-0.39, 0.29) is 12.5 Å². The quantitative estimate of drug-likeness (QED) is 0.504. The summed E-state index contributed by atoms with van der Waals surface area (Å²) in [7, 11) is 1.62. The van der Waals surface area contributed by atoms with Crippen LogP contribution in [-0.2, 0) is 9.47 Å². The van der Waals surface area contributed by atoms with Crippen molar-refractivity contribution in [2.45, 2.75) is 38.7 Å². The van der Waals surface area contributed by atoms with E-state index in [1.807, 2.05) is 0 Å². The van der Waals surface area contributed by atoms with Gasteiger partial charge >= 0.3 is 0 Å². The molecule has 20 heavy (non-hydrogen) atoms. The third kappa shape index (κ3) is 5.37. The number of hydrogen-bond acceptors (Lipinski definition) is 4. The van der Waals surface area contributed by atoms with Gasteiger partial charge in [-0.3, -0.25) is 0 Å². The van der Waals surface area contributed by atoms with Gasteiger partial charge in [-0.15, -0.1) is 0 Å². The van der Waals surface area contributed by atoms with Crippen LogP contribution < -0.4 is 0 Å². The molecule has 1 aliphatic rings. The second-order valence-electron chi connectivity index (χ2n) is 5.53. The first-order chi connectivity index (χ1) is 9.60. The zero-order valence-electron chi connectivity index (χ0n) is 12.7. The van der Waals surface area contributed by atoms with E-state index in [9.17, 15) is 5.11 Å². The molecule has 0 aromatic carbocycles. The number of ether oxygens (including phenoxy) is 2. The Kier molecular flexibility index (Phi) is 8.07. The van der Waals surface area contributed by atoms with Gasteiger partial charge in [-0.1, -0.05) is 19.6 Å². The molecule has 0 aliphatic heterocycles. The van der Waals surface area contributed by atoms with Gasteiger partial charge in [0.1, 0.15) is 6.79 Å². The molecule has 0 saturated carbocycles. The summed E-state index contributed by atoms with van der Waals surface area (Å²) < 4.78 is 10.1. The first-order valence-electron chi connectivity index (χ1n) is 7.35. The van der Waals surface area contributed by atoms with Gasteiger partial charge in [0.15, 0.2) is 0 Å². The highest BCUT2D eigenvalue weighted by atomic mass is 16.7. The number of methoxy groups -OCH3 is 1. The normalized spacial score (nSPS) is 24.6. The SMILES string of the molecule is C=C1C[C@@H](O)[C@@H](CCO)C=C1[C@@H](C)CCCOCOC. The Morgan fingerprint density at radius 2 is 2.25 bits per heavy atom. The standard InChI is InChI=1S/C16H28O4/c1-12(5-4-8-20-11-19-3)15-10-14(6-7-17)16(18)9-13(15)2/h10,12,14,16-18H,2,4-9,11H2,1,3H3/t12-,14-,16+/m0/s1. The van der Waals surface area contributed by atoms with Crippen LogP contribution in [0.1, 0.15) is 32.6 Å². The summed E-state index contributed by atoms with van der Waals surface area (Å²) in [5, 5.41) is 19.1. The third-order valence-corrected chi connectivity index (χ3v) is 3.87. The molecule has 0 aromatic rings. The van der Waals surface area contributed by atoms with E-state index in [2.05, 4.69) is 19.6 Å². The van der Waals surface area contributed by atoms with Gasteiger partial charge in [-0.25, -0.2) is 0 Å². The largest absolute Gasteiger partial charge is 0.396 e. The molecule has 0 fully saturated rings. The lowest BCUT2D eigenvalue weighted by Gasteiger charge is -2.30. The van der Waals surface area contributed by atoms with E-state index < -0.39 is 6.10 Å². The summed E-state index contributed by atoms with van der Waals surface area (Å²) in [6, 6.07) is 0. The number of rotatable bonds is 9. The summed E-state index contributed by atoms with van der Waals surface area (Å²) in [5.41, 5.74) is 2.26. The van der Waals surface area contributed by atoms with Gasteiger partial charge in [0.05, 0.1) is 6.10 Å². The Morgan fingerprint density at radius 1 is 1.50 bits per heavy atom. The van der Waals surface area contributed by atoms with Crippen LogP contribution in [0.3, 0.4) is 0 Å². The summed E-state index contributed by atoms with van der Waals surface area (Å²) in [5.74, 6) is 0.454. The van der Waals surface area contributed by atoms with E-state index >= 15 is 0 Å². The highest BCUT2D eigenvalue weighted by Crippen LogP contribution is 2.34. The van der Waals surface area contributed by atoms with E-state index in [0.29, 0.717) is 32.2 Å². The fraction of sp³-hybridized carbons (Fsp3) is 0.750. The Hall–Kier alpha value is -0.680. The van der Waals surface area contributed by atoms with Gasteiger partial charge in [-0.05, 0) is 42.7 Å². The summed E-state index contributed by atoms with van der Waals surface area (Å²) >= 11 is 0. The summed E-state index contributed by atoms with van der Waals surface area (Å²) in [6.07, 6.45) is 4.92. The van der Waals surface area contributed by atoms with E-state index in [1.165, 1.54) is 5.57 Å². The van der Waals surface area contributed by atoms with Crippen LogP contribution in [0.5, 0.6) is 0 Å². The highest BCUT2D eigenvalue weighted by Gasteiger charge is 2.26. The predicted molar refractivity (Wildman–Crippen MR) is 79.3 cm³/mol. The van der Waals surface area contributed by atoms with Crippen LogP contribution in [0.2, 0.25) is 0 Å². The molecule has 0 unspecified atom stereocenters. The second kappa shape index (κ2) is 9.29. The molecule has 0 radical (unpaired) electrons. The zero-order chi connectivity index (χ0) is 15.0. The average Bonchev–Trinajstić information content (AvgIpc) is 2.41. The third-order valence-electron chi connectivity index (χ3n) is 3.87. The van der Waals surface area contributed by atoms with Crippen molar-refractivity contribution in [3.05, 3.63) is 23.8 Å². The Bertz CT molecular complexity index is 324. The summed E-state index contributed by atoms with van der Waals surface area (Å²) in [6.45, 7) is 7.40. The monoisotopic (exact) mass is 284 g/mol. The molecule has 4 nitrogen and oxygen atoms in total. The van der Waals surface area contributed by atoms with E-state index in [1.54, 1.807) is 7.11 Å². The van der Waals surface area contributed by atoms with Crippen molar-refractivity contribution in [3.63, 3.8) is 0 Å². The van der Waals surface area contributed by atoms with Gasteiger partial charge in [0.2, 0.25) is 0 Å². The molecule has 0 spiro atoms. The minimum atomic E-state index is -0.407. The molecule has 0 bridgehead atoms. The molecule has 0 aromatic heterocycles. The predicted octanol–water partition coefficient (Wildman–Crippen LogP) is 2.27. The Morgan fingerprint density at radius 3 is 2.90 bits per heavy atom. The Balaban J connectivity index is 2.49. The topological polar surface area (TPSA) is 58.9 Å². The Labute approximate surface area is 122 Å². The molecule has 4 heteroatoms. The molecule has 116 valence electrons. The van der Waals surface area contributed by atoms with Crippen LogP contribution >= 0.6 is 0 Å². The van der Waals surface area contributed by atoms with Crippen molar-refractivity contribution in [2.24, 2.45) is 11.8 Å². The first-order valence-corrected chi connectivity index (χ1v) is 7.35. The van der Waals surface area contributed by atoms with Crippen molar-refractivity contribution in [1.82, 2.24) is 0 Å². The van der Waals surface area contributed by atoms with Crippen LogP contribution in [-0.4, -0.2) is 43.4 Å². The number of hydrogen-bond donors (Lipinski definition) is 2. The number of aliphatic hydroxyl groups excluding tert-OH is 2. The molecule has 1 rings (SSSR count). The van der Waals surface area contributed by atoms with E-state index in [0.717, 1.165) is 18.4 Å². The molecule has 0 amide bonds. The fourth-order valence-corrected chi connectivity index (χ4v) is 2.71. The molecule has 0 heterocycles. The van der Waals surface area contributed by atoms with Crippen molar-refractivity contribution in [3.8, 4) is 0 Å². The van der Waals surface area contributed by atoms with Crippen LogP contribution in [0.4, 0.5) is 0 Å². The van der Waals surface area contributed by atoms with E-state index in [4.69, 9.17) is 14.6 Å². The molecule has 0 saturated heterocycles. The zero-order valence-corrected chi connectivity index (χ0v) is 12.7. The second-order valence-corrected chi connectivity index (χ2v) is 5.53. The van der Waals surface area contributed by atoms with Crippen LogP contribution in [0.15, 0.2) is 23.8 Å². The van der Waals surface area contributed by atoms with Crippen molar-refractivity contribution >= 4 is 0 Å². The first kappa shape index (κ1) is 17.4. The van der Waals surface area contributed by atoms with Crippen LogP contribution in [0.25, 0.3) is 0 Å². The molecular weight excluding hydrogens is 256 g/mol. The minimum Gasteiger partial charge on any atom is -0.396 e. The lowest BCUT2D eigenvalue weighted by molar-refractivity contribution is -0.0319. The van der Waals surface area contributed by atoms with Gasteiger partial charge in [-0.2, -0.15) is 0 Å². The van der Waals surface area contributed by atoms with Gasteiger partial charge in [0.25, 0.3) is 0 Å². The van der Waals surface area contributed by atoms with Crippen molar-refractivity contribution < 1.29 is 19.7 Å². The molecule has 1 aliphatic carbocycles. The number of aliphatic hydroxyl groups is 2. The van der Waals surface area contributed by atoms with Gasteiger partial charge in [0, 0.05) is 26.2 Å². The lowest BCUT2D eigenvalue weighted by atomic mass is 9.78. The molecular formula is C16H28O4. The van der Waals surface area contributed by atoms with Gasteiger partial charge < -0.3 is 19.7 Å². The fourth-order valence-electron chi connectivity index (χ4n) is 2.71. The average molecular weight is 284 g/mol. The maximum atomic E-state index is 9.99.